The molecule has 0 spiro atoms. The Labute approximate surface area is 181 Å². The fraction of sp³-hybridized carbons (Fsp3) is 0.381. The number of aromatic nitrogens is 3. The van der Waals surface area contributed by atoms with E-state index in [2.05, 4.69) is 26.4 Å². The van der Waals surface area contributed by atoms with E-state index in [-0.39, 0.29) is 19.0 Å². The largest absolute Gasteiger partial charge is 0.489 e. The number of anilines is 1. The van der Waals surface area contributed by atoms with Crippen molar-refractivity contribution in [3.05, 3.63) is 42.4 Å². The SMILES string of the molecule is CC(C)(O)COc1cc(-c2ccc(N3CCNCC3)nc2)c2c(C#N)cnn2c1.Cl. The average molecular weight is 429 g/mol. The van der Waals surface area contributed by atoms with Gasteiger partial charge in [-0.1, -0.05) is 0 Å². The number of rotatable bonds is 5. The van der Waals surface area contributed by atoms with Crippen LogP contribution in [0.25, 0.3) is 16.6 Å². The number of hydrogen-bond donors (Lipinski definition) is 2. The zero-order chi connectivity index (χ0) is 20.4. The maximum Gasteiger partial charge on any atom is 0.138 e. The molecule has 2 N–H and O–H groups in total. The van der Waals surface area contributed by atoms with Crippen LogP contribution in [0.3, 0.4) is 0 Å². The predicted octanol–water partition coefficient (Wildman–Crippen LogP) is 2.25. The Morgan fingerprint density at radius 1 is 1.27 bits per heavy atom. The minimum absolute atomic E-state index is 0. The van der Waals surface area contributed by atoms with Crippen molar-refractivity contribution in [1.82, 2.24) is 19.9 Å². The van der Waals surface area contributed by atoms with E-state index in [0.717, 1.165) is 43.1 Å². The van der Waals surface area contributed by atoms with E-state index < -0.39 is 5.60 Å². The zero-order valence-electron chi connectivity index (χ0n) is 17.0. The Morgan fingerprint density at radius 3 is 2.67 bits per heavy atom. The molecule has 3 aromatic rings. The molecule has 1 saturated heterocycles. The second-order valence-corrected chi connectivity index (χ2v) is 7.80. The lowest BCUT2D eigenvalue weighted by molar-refractivity contribution is 0.0283. The Balaban J connectivity index is 0.00000256. The van der Waals surface area contributed by atoms with Crippen molar-refractivity contribution >= 4 is 23.7 Å². The van der Waals surface area contributed by atoms with Crippen LogP contribution in [0.4, 0.5) is 5.82 Å². The minimum Gasteiger partial charge on any atom is -0.489 e. The molecule has 0 bridgehead atoms. The summed E-state index contributed by atoms with van der Waals surface area (Å²) in [6.07, 6.45) is 5.08. The van der Waals surface area contributed by atoms with Gasteiger partial charge >= 0.3 is 0 Å². The number of hydrogen-bond acceptors (Lipinski definition) is 7. The number of aliphatic hydroxyl groups is 1. The fourth-order valence-electron chi connectivity index (χ4n) is 3.36. The van der Waals surface area contributed by atoms with Crippen molar-refractivity contribution in [2.75, 3.05) is 37.7 Å². The summed E-state index contributed by atoms with van der Waals surface area (Å²) in [6.45, 7) is 7.28. The van der Waals surface area contributed by atoms with E-state index >= 15 is 0 Å². The lowest BCUT2D eigenvalue weighted by Gasteiger charge is -2.28. The van der Waals surface area contributed by atoms with Gasteiger partial charge in [-0.3, -0.25) is 0 Å². The third-order valence-corrected chi connectivity index (χ3v) is 4.80. The van der Waals surface area contributed by atoms with Gasteiger partial charge in [0.1, 0.15) is 24.2 Å². The highest BCUT2D eigenvalue weighted by Crippen LogP contribution is 2.31. The molecule has 158 valence electrons. The normalized spacial score (nSPS) is 14.3. The van der Waals surface area contributed by atoms with Gasteiger partial charge < -0.3 is 20.1 Å². The molecule has 1 aliphatic rings. The topological polar surface area (TPSA) is 98.7 Å². The van der Waals surface area contributed by atoms with Crippen LogP contribution in [0.5, 0.6) is 5.75 Å². The summed E-state index contributed by atoms with van der Waals surface area (Å²) in [6, 6.07) is 8.08. The molecule has 3 aromatic heterocycles. The number of piperazine rings is 1. The summed E-state index contributed by atoms with van der Waals surface area (Å²) in [5.74, 6) is 1.50. The molecular formula is C21H25ClN6O2. The second kappa shape index (κ2) is 8.88. The van der Waals surface area contributed by atoms with Crippen molar-refractivity contribution in [2.24, 2.45) is 0 Å². The van der Waals surface area contributed by atoms with Crippen LogP contribution in [0, 0.1) is 11.3 Å². The first-order valence-electron chi connectivity index (χ1n) is 9.63. The van der Waals surface area contributed by atoms with E-state index in [1.54, 1.807) is 30.8 Å². The molecule has 9 heteroatoms. The summed E-state index contributed by atoms with van der Waals surface area (Å²) in [5.41, 5.74) is 1.93. The highest BCUT2D eigenvalue weighted by molar-refractivity contribution is 5.85. The quantitative estimate of drug-likeness (QED) is 0.643. The van der Waals surface area contributed by atoms with Crippen molar-refractivity contribution in [2.45, 2.75) is 19.4 Å². The van der Waals surface area contributed by atoms with Crippen LogP contribution >= 0.6 is 12.4 Å². The van der Waals surface area contributed by atoms with Crippen molar-refractivity contribution < 1.29 is 9.84 Å². The van der Waals surface area contributed by atoms with Gasteiger partial charge in [0.2, 0.25) is 0 Å². The summed E-state index contributed by atoms with van der Waals surface area (Å²) < 4.78 is 7.41. The van der Waals surface area contributed by atoms with Gasteiger partial charge in [0.25, 0.3) is 0 Å². The summed E-state index contributed by atoms with van der Waals surface area (Å²) in [4.78, 5) is 6.89. The third kappa shape index (κ3) is 4.65. The molecule has 0 unspecified atom stereocenters. The van der Waals surface area contributed by atoms with E-state index in [9.17, 15) is 10.4 Å². The van der Waals surface area contributed by atoms with Gasteiger partial charge in [-0.25, -0.2) is 9.50 Å². The first kappa shape index (κ1) is 21.8. The Kier molecular flexibility index (Phi) is 6.46. The number of fused-ring (bicyclic) bond motifs is 1. The monoisotopic (exact) mass is 428 g/mol. The van der Waals surface area contributed by atoms with Gasteiger partial charge in [-0.05, 0) is 32.0 Å². The van der Waals surface area contributed by atoms with E-state index in [0.29, 0.717) is 16.8 Å². The van der Waals surface area contributed by atoms with Crippen molar-refractivity contribution in [3.8, 4) is 22.9 Å². The summed E-state index contributed by atoms with van der Waals surface area (Å²) >= 11 is 0. The standard InChI is InChI=1S/C21H24N6O2.ClH/c1-21(2,28)14-29-17-9-18(20-16(10-22)12-25-27(20)13-17)15-3-4-19(24-11-15)26-7-5-23-6-8-26;/h3-4,9,11-13,23,28H,5-8,14H2,1-2H3;1H. The van der Waals surface area contributed by atoms with Crippen LogP contribution in [-0.2, 0) is 0 Å². The molecule has 4 heterocycles. The number of nitrogens with zero attached hydrogens (tertiary/aromatic N) is 5. The number of nitrogens with one attached hydrogen (secondary N) is 1. The molecule has 0 atom stereocenters. The molecule has 30 heavy (non-hydrogen) atoms. The molecule has 4 rings (SSSR count). The van der Waals surface area contributed by atoms with Crippen LogP contribution in [0.1, 0.15) is 19.4 Å². The maximum atomic E-state index is 9.97. The number of nitriles is 1. The molecule has 0 radical (unpaired) electrons. The van der Waals surface area contributed by atoms with Crippen LogP contribution in [-0.4, -0.2) is 58.1 Å². The molecular weight excluding hydrogens is 404 g/mol. The lowest BCUT2D eigenvalue weighted by Crippen LogP contribution is -2.43. The highest BCUT2D eigenvalue weighted by Gasteiger charge is 2.18. The number of pyridine rings is 2. The lowest BCUT2D eigenvalue weighted by atomic mass is 10.1. The molecule has 0 aliphatic carbocycles. The smallest absolute Gasteiger partial charge is 0.138 e. The van der Waals surface area contributed by atoms with Gasteiger partial charge in [0, 0.05) is 43.5 Å². The minimum atomic E-state index is -0.955. The molecule has 8 nitrogen and oxygen atoms in total. The summed E-state index contributed by atoms with van der Waals surface area (Å²) in [5, 5.41) is 27.1. The molecule has 0 saturated carbocycles. The maximum absolute atomic E-state index is 9.97. The average Bonchev–Trinajstić information content (AvgIpc) is 3.15. The van der Waals surface area contributed by atoms with Crippen LogP contribution < -0.4 is 15.0 Å². The Morgan fingerprint density at radius 2 is 2.03 bits per heavy atom. The molecule has 1 aliphatic heterocycles. The van der Waals surface area contributed by atoms with Crippen LogP contribution in [0.15, 0.2) is 36.8 Å². The molecule has 1 fully saturated rings. The van der Waals surface area contributed by atoms with Gasteiger partial charge in [-0.15, -0.1) is 12.4 Å². The predicted molar refractivity (Wildman–Crippen MR) is 117 cm³/mol. The number of halogens is 1. The van der Waals surface area contributed by atoms with Crippen molar-refractivity contribution in [3.63, 3.8) is 0 Å². The highest BCUT2D eigenvalue weighted by atomic mass is 35.5. The van der Waals surface area contributed by atoms with Crippen molar-refractivity contribution in [1.29, 1.82) is 5.26 Å². The van der Waals surface area contributed by atoms with Gasteiger partial charge in [0.15, 0.2) is 0 Å². The number of ether oxygens (including phenoxy) is 1. The first-order valence-corrected chi connectivity index (χ1v) is 9.63. The zero-order valence-corrected chi connectivity index (χ0v) is 17.8. The summed E-state index contributed by atoms with van der Waals surface area (Å²) in [7, 11) is 0. The first-order chi connectivity index (χ1) is 13.9. The third-order valence-electron chi connectivity index (χ3n) is 4.80. The molecule has 0 aromatic carbocycles. The van der Waals surface area contributed by atoms with E-state index in [1.165, 1.54) is 0 Å². The Hall–Kier alpha value is -2.86. The van der Waals surface area contributed by atoms with E-state index in [1.807, 2.05) is 24.4 Å². The van der Waals surface area contributed by atoms with E-state index in [4.69, 9.17) is 4.74 Å². The van der Waals surface area contributed by atoms with Gasteiger partial charge in [-0.2, -0.15) is 10.4 Å². The van der Waals surface area contributed by atoms with Crippen LogP contribution in [0.2, 0.25) is 0 Å². The van der Waals surface area contributed by atoms with Gasteiger partial charge in [0.05, 0.1) is 29.1 Å². The Bertz CT molecular complexity index is 1050. The molecule has 0 amide bonds. The fourth-order valence-corrected chi connectivity index (χ4v) is 3.36. The second-order valence-electron chi connectivity index (χ2n) is 7.80.